The van der Waals surface area contributed by atoms with E-state index in [9.17, 15) is 9.59 Å². The Morgan fingerprint density at radius 2 is 1.83 bits per heavy atom. The highest BCUT2D eigenvalue weighted by atomic mass is 32.1. The van der Waals surface area contributed by atoms with Crippen molar-refractivity contribution in [1.82, 2.24) is 14.5 Å². The van der Waals surface area contributed by atoms with E-state index in [0.717, 1.165) is 38.3 Å². The molecule has 0 fully saturated rings. The molecule has 0 spiro atoms. The smallest absolute Gasteiger partial charge is 0.258 e. The number of anilines is 1. The van der Waals surface area contributed by atoms with Crippen molar-refractivity contribution >= 4 is 33.3 Å². The fourth-order valence-corrected chi connectivity index (χ4v) is 4.22. The fraction of sp³-hybridized carbons (Fsp3) is 0.217. The van der Waals surface area contributed by atoms with E-state index in [1.807, 2.05) is 45.9 Å². The van der Waals surface area contributed by atoms with Crippen LogP contribution >= 0.6 is 11.3 Å². The molecule has 0 saturated heterocycles. The van der Waals surface area contributed by atoms with Crippen molar-refractivity contribution in [3.8, 4) is 11.1 Å². The Morgan fingerprint density at radius 1 is 1.07 bits per heavy atom. The molecule has 0 bridgehead atoms. The predicted octanol–water partition coefficient (Wildman–Crippen LogP) is 4.54. The summed E-state index contributed by atoms with van der Waals surface area (Å²) in [7, 11) is 1.76. The van der Waals surface area contributed by atoms with Gasteiger partial charge in [0.05, 0.1) is 11.2 Å². The third-order valence-electron chi connectivity index (χ3n) is 5.28. The fourth-order valence-electron chi connectivity index (χ4n) is 3.41. The number of carbonyl (C=O) groups is 1. The minimum atomic E-state index is -0.250. The largest absolute Gasteiger partial charge is 0.311 e. The second-order valence-corrected chi connectivity index (χ2v) is 8.65. The number of aromatic nitrogens is 3. The van der Waals surface area contributed by atoms with Gasteiger partial charge in [-0.15, -0.1) is 11.3 Å². The molecule has 4 aromatic rings. The molecule has 0 aliphatic heterocycles. The number of thiazole rings is 1. The number of benzene rings is 1. The molecular formula is C23H22N4O2S. The first-order valence-corrected chi connectivity index (χ1v) is 10.4. The van der Waals surface area contributed by atoms with Gasteiger partial charge in [-0.05, 0) is 63.1 Å². The number of carbonyl (C=O) groups excluding carboxylic acids is 1. The molecule has 152 valence electrons. The molecule has 0 aliphatic carbocycles. The zero-order chi connectivity index (χ0) is 21.6. The van der Waals surface area contributed by atoms with Crippen molar-refractivity contribution in [2.45, 2.75) is 27.7 Å². The van der Waals surface area contributed by atoms with Gasteiger partial charge in [0, 0.05) is 40.3 Å². The number of pyridine rings is 2. The maximum Gasteiger partial charge on any atom is 0.258 e. The first-order chi connectivity index (χ1) is 14.2. The molecule has 1 N–H and O–H groups in total. The topological polar surface area (TPSA) is 76.9 Å². The van der Waals surface area contributed by atoms with E-state index >= 15 is 0 Å². The van der Waals surface area contributed by atoms with Crippen molar-refractivity contribution in [3.63, 3.8) is 0 Å². The number of nitrogens with zero attached hydrogens (tertiary/aromatic N) is 3. The summed E-state index contributed by atoms with van der Waals surface area (Å²) in [5.41, 5.74) is 5.16. The summed E-state index contributed by atoms with van der Waals surface area (Å²) >= 11 is 1.44. The van der Waals surface area contributed by atoms with E-state index in [-0.39, 0.29) is 11.5 Å². The Hall–Kier alpha value is -3.32. The number of amides is 1. The van der Waals surface area contributed by atoms with Crippen LogP contribution in [0.4, 0.5) is 5.13 Å². The normalized spacial score (nSPS) is 11.1. The molecule has 7 heteroatoms. The molecule has 0 radical (unpaired) electrons. The average molecular weight is 419 g/mol. The molecule has 3 aromatic heterocycles. The Bertz CT molecular complexity index is 1350. The lowest BCUT2D eigenvalue weighted by Crippen LogP contribution is -2.20. The van der Waals surface area contributed by atoms with Gasteiger partial charge in [-0.25, -0.2) is 4.98 Å². The van der Waals surface area contributed by atoms with Crippen molar-refractivity contribution < 1.29 is 4.79 Å². The van der Waals surface area contributed by atoms with Crippen LogP contribution < -0.4 is 10.9 Å². The molecular weight excluding hydrogens is 396 g/mol. The lowest BCUT2D eigenvalue weighted by molar-refractivity contribution is 0.102. The highest BCUT2D eigenvalue weighted by Gasteiger charge is 2.16. The van der Waals surface area contributed by atoms with Gasteiger partial charge in [0.25, 0.3) is 11.5 Å². The monoisotopic (exact) mass is 418 g/mol. The first-order valence-electron chi connectivity index (χ1n) is 9.57. The van der Waals surface area contributed by atoms with Crippen LogP contribution in [0.15, 0.2) is 41.3 Å². The van der Waals surface area contributed by atoms with Crippen molar-refractivity contribution in [1.29, 1.82) is 0 Å². The molecule has 1 amide bonds. The number of fused-ring (bicyclic) bond motifs is 1. The molecule has 0 aliphatic rings. The van der Waals surface area contributed by atoms with Crippen LogP contribution in [0.1, 0.15) is 32.2 Å². The summed E-state index contributed by atoms with van der Waals surface area (Å²) in [5, 5.41) is 4.30. The molecule has 6 nitrogen and oxygen atoms in total. The minimum Gasteiger partial charge on any atom is -0.311 e. The molecule has 0 saturated carbocycles. The molecule has 4 rings (SSSR count). The maximum atomic E-state index is 13.1. The summed E-state index contributed by atoms with van der Waals surface area (Å²) < 4.78 is 1.63. The van der Waals surface area contributed by atoms with Gasteiger partial charge < -0.3 is 4.57 Å². The molecule has 1 aromatic carbocycles. The summed E-state index contributed by atoms with van der Waals surface area (Å²) in [6, 6.07) is 9.14. The van der Waals surface area contributed by atoms with E-state index in [0.29, 0.717) is 16.3 Å². The van der Waals surface area contributed by atoms with E-state index in [1.54, 1.807) is 29.9 Å². The lowest BCUT2D eigenvalue weighted by atomic mass is 9.97. The highest BCUT2D eigenvalue weighted by molar-refractivity contribution is 7.15. The van der Waals surface area contributed by atoms with Gasteiger partial charge in [-0.1, -0.05) is 6.07 Å². The number of rotatable bonds is 3. The number of aryl methyl sites for hydroxylation is 5. The third kappa shape index (κ3) is 3.52. The van der Waals surface area contributed by atoms with Crippen LogP contribution in [-0.2, 0) is 7.05 Å². The minimum absolute atomic E-state index is 0.111. The van der Waals surface area contributed by atoms with E-state index < -0.39 is 0 Å². The Kier molecular flexibility index (Phi) is 4.99. The maximum absolute atomic E-state index is 13.1. The standard InChI is InChI=1S/C23H22N4O2S/c1-12-6-7-16(21(28)26-23-25-14(3)15(4)30-23)9-18(12)19-10-17-11-24-13(2)8-20(17)27(5)22(19)29/h6-11H,1-5H3,(H,25,26,28). The second-order valence-electron chi connectivity index (χ2n) is 7.45. The van der Waals surface area contributed by atoms with Crippen molar-refractivity contribution in [2.24, 2.45) is 7.05 Å². The van der Waals surface area contributed by atoms with E-state index in [4.69, 9.17) is 0 Å². The van der Waals surface area contributed by atoms with Crippen molar-refractivity contribution in [2.75, 3.05) is 5.32 Å². The Labute approximate surface area is 178 Å². The number of hydrogen-bond acceptors (Lipinski definition) is 5. The average Bonchev–Trinajstić information content (AvgIpc) is 3.02. The Balaban J connectivity index is 1.78. The van der Waals surface area contributed by atoms with Crippen LogP contribution in [0.25, 0.3) is 22.0 Å². The van der Waals surface area contributed by atoms with Gasteiger partial charge in [0.15, 0.2) is 5.13 Å². The summed E-state index contributed by atoms with van der Waals surface area (Å²) in [6.45, 7) is 7.72. The predicted molar refractivity (Wildman–Crippen MR) is 121 cm³/mol. The number of hydrogen-bond donors (Lipinski definition) is 1. The molecule has 30 heavy (non-hydrogen) atoms. The quantitative estimate of drug-likeness (QED) is 0.530. The van der Waals surface area contributed by atoms with Crippen molar-refractivity contribution in [3.05, 3.63) is 74.3 Å². The molecule has 0 unspecified atom stereocenters. The lowest BCUT2D eigenvalue weighted by Gasteiger charge is -2.12. The van der Waals surface area contributed by atoms with Crippen LogP contribution in [0.2, 0.25) is 0 Å². The highest BCUT2D eigenvalue weighted by Crippen LogP contribution is 2.26. The summed E-state index contributed by atoms with van der Waals surface area (Å²) in [5.74, 6) is -0.250. The van der Waals surface area contributed by atoms with E-state index in [2.05, 4.69) is 15.3 Å². The first kappa shape index (κ1) is 20.0. The van der Waals surface area contributed by atoms with E-state index in [1.165, 1.54) is 11.3 Å². The Morgan fingerprint density at radius 3 is 2.53 bits per heavy atom. The van der Waals surface area contributed by atoms with Gasteiger partial charge in [0.1, 0.15) is 0 Å². The zero-order valence-corrected chi connectivity index (χ0v) is 18.3. The SMILES string of the molecule is Cc1cc2c(cn1)cc(-c1cc(C(=O)Nc3nc(C)c(C)s3)ccc1C)c(=O)n2C. The van der Waals surface area contributed by atoms with Crippen LogP contribution in [-0.4, -0.2) is 20.4 Å². The van der Waals surface area contributed by atoms with Gasteiger partial charge >= 0.3 is 0 Å². The molecule has 0 atom stereocenters. The zero-order valence-electron chi connectivity index (χ0n) is 17.5. The van der Waals surface area contributed by atoms with Gasteiger partial charge in [0.2, 0.25) is 0 Å². The van der Waals surface area contributed by atoms with Crippen LogP contribution in [0.3, 0.4) is 0 Å². The van der Waals surface area contributed by atoms with Gasteiger partial charge in [-0.2, -0.15) is 0 Å². The molecule has 3 heterocycles. The summed E-state index contributed by atoms with van der Waals surface area (Å²) in [4.78, 5) is 35.7. The summed E-state index contributed by atoms with van der Waals surface area (Å²) in [6.07, 6.45) is 1.77. The van der Waals surface area contributed by atoms with Crippen LogP contribution in [0, 0.1) is 27.7 Å². The third-order valence-corrected chi connectivity index (χ3v) is 6.27. The number of nitrogens with one attached hydrogen (secondary N) is 1. The van der Waals surface area contributed by atoms with Crippen LogP contribution in [0.5, 0.6) is 0 Å². The van der Waals surface area contributed by atoms with Gasteiger partial charge in [-0.3, -0.25) is 19.9 Å². The second kappa shape index (κ2) is 7.50.